The monoisotopic (exact) mass is 359 g/mol. The fraction of sp³-hybridized carbons (Fsp3) is 0.286. The van der Waals surface area contributed by atoms with Crippen molar-refractivity contribution in [3.63, 3.8) is 0 Å². The molecule has 0 aliphatic heterocycles. The van der Waals surface area contributed by atoms with Crippen LogP contribution >= 0.6 is 0 Å². The molecule has 0 bridgehead atoms. The molecule has 0 spiro atoms. The predicted octanol–water partition coefficient (Wildman–Crippen LogP) is -0.266. The van der Waals surface area contributed by atoms with E-state index in [0.29, 0.717) is 0 Å². The summed E-state index contributed by atoms with van der Waals surface area (Å²) in [7, 11) is 4.28. The molecule has 2 aromatic carbocycles. The predicted molar refractivity (Wildman–Crippen MR) is 99.2 cm³/mol. The molecule has 0 atom stereocenters. The standard InChI is InChI=1S/C21H25NO2.ClH/c1-17(23)21(19-8-5-4-6-9-19)16-18-10-12-20(13-11-18)24-15-7-14-22(2)3;/h4-6,8-13,16H,7,14-15H2,1-3H3;1H/b21-16-;. The van der Waals surface area contributed by atoms with Gasteiger partial charge in [0.1, 0.15) is 5.75 Å². The Morgan fingerprint density at radius 3 is 2.24 bits per heavy atom. The van der Waals surface area contributed by atoms with Crippen molar-refractivity contribution >= 4 is 17.4 Å². The summed E-state index contributed by atoms with van der Waals surface area (Å²) in [5.74, 6) is 0.928. The van der Waals surface area contributed by atoms with Gasteiger partial charge in [-0.25, -0.2) is 0 Å². The molecule has 0 unspecified atom stereocenters. The molecule has 134 valence electrons. The van der Waals surface area contributed by atoms with E-state index < -0.39 is 0 Å². The lowest BCUT2D eigenvalue weighted by Gasteiger charge is -2.09. The van der Waals surface area contributed by atoms with Crippen LogP contribution in [0.4, 0.5) is 0 Å². The van der Waals surface area contributed by atoms with Crippen molar-refractivity contribution in [2.24, 2.45) is 0 Å². The largest absolute Gasteiger partial charge is 1.00 e. The number of quaternary nitrogens is 1. The third kappa shape index (κ3) is 7.12. The number of allylic oxidation sites excluding steroid dienone is 1. The van der Waals surface area contributed by atoms with Crippen LogP contribution in [0.1, 0.15) is 24.5 Å². The Balaban J connectivity index is 0.00000312. The minimum atomic E-state index is 0. The molecule has 4 heteroatoms. The summed E-state index contributed by atoms with van der Waals surface area (Å²) in [6, 6.07) is 17.6. The number of Topliss-reactive ketones (excluding diaryl/α,β-unsaturated/α-hetero) is 1. The average Bonchev–Trinajstić information content (AvgIpc) is 2.58. The minimum Gasteiger partial charge on any atom is -1.00 e. The molecule has 2 rings (SSSR count). The van der Waals surface area contributed by atoms with Gasteiger partial charge in [-0.05, 0) is 36.3 Å². The van der Waals surface area contributed by atoms with Gasteiger partial charge in [-0.1, -0.05) is 42.5 Å². The quantitative estimate of drug-likeness (QED) is 0.400. The third-order valence-electron chi connectivity index (χ3n) is 3.75. The van der Waals surface area contributed by atoms with Gasteiger partial charge >= 0.3 is 0 Å². The van der Waals surface area contributed by atoms with Crippen molar-refractivity contribution in [3.8, 4) is 5.75 Å². The fourth-order valence-corrected chi connectivity index (χ4v) is 2.45. The van der Waals surface area contributed by atoms with Crippen LogP contribution in [-0.2, 0) is 4.79 Å². The van der Waals surface area contributed by atoms with Gasteiger partial charge in [0.25, 0.3) is 0 Å². The highest BCUT2D eigenvalue weighted by atomic mass is 35.5. The lowest BCUT2D eigenvalue weighted by molar-refractivity contribution is -0.858. The molecule has 0 saturated heterocycles. The van der Waals surface area contributed by atoms with E-state index in [2.05, 4.69) is 14.1 Å². The second-order valence-corrected chi connectivity index (χ2v) is 6.21. The molecule has 0 fully saturated rings. The van der Waals surface area contributed by atoms with Crippen molar-refractivity contribution in [1.82, 2.24) is 0 Å². The first-order valence-electron chi connectivity index (χ1n) is 8.36. The Hall–Kier alpha value is -2.10. The van der Waals surface area contributed by atoms with Crippen LogP contribution in [0.25, 0.3) is 11.6 Å². The molecule has 0 heterocycles. The zero-order valence-electron chi connectivity index (χ0n) is 15.1. The van der Waals surface area contributed by atoms with Crippen molar-refractivity contribution in [3.05, 3.63) is 65.7 Å². The first-order valence-corrected chi connectivity index (χ1v) is 8.36. The van der Waals surface area contributed by atoms with E-state index in [1.165, 1.54) is 4.90 Å². The minimum absolute atomic E-state index is 0. The number of nitrogens with one attached hydrogen (secondary N) is 1. The van der Waals surface area contributed by atoms with E-state index in [0.717, 1.165) is 42.0 Å². The number of ether oxygens (including phenoxy) is 1. The highest BCUT2D eigenvalue weighted by Gasteiger charge is 2.07. The molecule has 0 amide bonds. The first-order chi connectivity index (χ1) is 11.6. The molecule has 1 N–H and O–H groups in total. The van der Waals surface area contributed by atoms with Gasteiger partial charge in [0.2, 0.25) is 0 Å². The van der Waals surface area contributed by atoms with Crippen molar-refractivity contribution < 1.29 is 26.8 Å². The van der Waals surface area contributed by atoms with Crippen LogP contribution in [0.2, 0.25) is 0 Å². The number of rotatable bonds is 8. The summed E-state index contributed by atoms with van der Waals surface area (Å²) >= 11 is 0. The van der Waals surface area contributed by atoms with E-state index in [1.54, 1.807) is 6.92 Å². The highest BCUT2D eigenvalue weighted by Crippen LogP contribution is 2.21. The number of benzene rings is 2. The van der Waals surface area contributed by atoms with Gasteiger partial charge in [0.05, 0.1) is 27.2 Å². The molecular formula is C21H26ClNO2. The third-order valence-corrected chi connectivity index (χ3v) is 3.75. The maximum Gasteiger partial charge on any atom is 0.160 e. The molecule has 0 aromatic heterocycles. The molecule has 25 heavy (non-hydrogen) atoms. The Labute approximate surface area is 156 Å². The zero-order chi connectivity index (χ0) is 17.4. The van der Waals surface area contributed by atoms with Crippen LogP contribution in [0, 0.1) is 0 Å². The SMILES string of the molecule is CC(=O)/C(=C/c1ccc(OCCC[NH+](C)C)cc1)c1ccccc1.[Cl-]. The van der Waals surface area contributed by atoms with Crippen molar-refractivity contribution in [2.75, 3.05) is 27.2 Å². The molecular weight excluding hydrogens is 334 g/mol. The number of hydrogen-bond acceptors (Lipinski definition) is 2. The molecule has 2 aromatic rings. The summed E-state index contributed by atoms with van der Waals surface area (Å²) in [5.41, 5.74) is 2.66. The smallest absolute Gasteiger partial charge is 0.160 e. The van der Waals surface area contributed by atoms with Gasteiger partial charge in [-0.2, -0.15) is 0 Å². The first kappa shape index (κ1) is 20.9. The second-order valence-electron chi connectivity index (χ2n) is 6.21. The summed E-state index contributed by atoms with van der Waals surface area (Å²) in [6.07, 6.45) is 2.96. The average molecular weight is 360 g/mol. The lowest BCUT2D eigenvalue weighted by atomic mass is 10.00. The van der Waals surface area contributed by atoms with E-state index in [9.17, 15) is 4.79 Å². The zero-order valence-corrected chi connectivity index (χ0v) is 15.8. The van der Waals surface area contributed by atoms with Crippen LogP contribution in [0.5, 0.6) is 5.75 Å². The van der Waals surface area contributed by atoms with Crippen LogP contribution in [0.15, 0.2) is 54.6 Å². The maximum absolute atomic E-state index is 12.0. The summed E-state index contributed by atoms with van der Waals surface area (Å²) in [4.78, 5) is 13.4. The van der Waals surface area contributed by atoms with Gasteiger partial charge < -0.3 is 22.0 Å². The van der Waals surface area contributed by atoms with Crippen molar-refractivity contribution in [1.29, 1.82) is 0 Å². The Kier molecular flexibility index (Phi) is 8.96. The Morgan fingerprint density at radius 1 is 1.04 bits per heavy atom. The number of carbonyl (C=O) groups is 1. The summed E-state index contributed by atoms with van der Waals surface area (Å²) in [6.45, 7) is 3.42. The normalized spacial score (nSPS) is 11.1. The van der Waals surface area contributed by atoms with Crippen LogP contribution in [-0.4, -0.2) is 33.0 Å². The Bertz CT molecular complexity index is 679. The maximum atomic E-state index is 12.0. The topological polar surface area (TPSA) is 30.7 Å². The van der Waals surface area contributed by atoms with E-state index in [4.69, 9.17) is 4.74 Å². The number of ketones is 1. The van der Waals surface area contributed by atoms with Crippen LogP contribution < -0.4 is 22.0 Å². The van der Waals surface area contributed by atoms with Gasteiger partial charge in [0, 0.05) is 12.0 Å². The van der Waals surface area contributed by atoms with Crippen molar-refractivity contribution in [2.45, 2.75) is 13.3 Å². The lowest BCUT2D eigenvalue weighted by Crippen LogP contribution is -3.05. The molecule has 0 aliphatic carbocycles. The number of halogens is 1. The van der Waals surface area contributed by atoms with Gasteiger partial charge in [0.15, 0.2) is 5.78 Å². The second kappa shape index (κ2) is 10.7. The number of carbonyl (C=O) groups excluding carboxylic acids is 1. The van der Waals surface area contributed by atoms with Gasteiger partial charge in [-0.3, -0.25) is 4.79 Å². The van der Waals surface area contributed by atoms with E-state index in [1.807, 2.05) is 60.7 Å². The molecule has 0 saturated carbocycles. The Morgan fingerprint density at radius 2 is 1.68 bits per heavy atom. The highest BCUT2D eigenvalue weighted by molar-refractivity contribution is 6.24. The summed E-state index contributed by atoms with van der Waals surface area (Å²) < 4.78 is 5.75. The molecule has 3 nitrogen and oxygen atoms in total. The number of hydrogen-bond donors (Lipinski definition) is 1. The van der Waals surface area contributed by atoms with E-state index in [-0.39, 0.29) is 18.2 Å². The molecule has 0 aliphatic rings. The fourth-order valence-electron chi connectivity index (χ4n) is 2.45. The molecule has 0 radical (unpaired) electrons. The summed E-state index contributed by atoms with van der Waals surface area (Å²) in [5, 5.41) is 0. The van der Waals surface area contributed by atoms with Crippen LogP contribution in [0.3, 0.4) is 0 Å². The van der Waals surface area contributed by atoms with Gasteiger partial charge in [-0.15, -0.1) is 0 Å². The van der Waals surface area contributed by atoms with E-state index >= 15 is 0 Å².